The van der Waals surface area contributed by atoms with Gasteiger partial charge in [-0.15, -0.1) is 0 Å². The number of aliphatic carboxylic acids is 1. The average molecular weight is 747 g/mol. The van der Waals surface area contributed by atoms with Crippen LogP contribution in [0.4, 0.5) is 0 Å². The normalized spacial score (nSPS) is 12.3. The number of carboxylic acid groups (broad SMARTS) is 1. The quantitative estimate of drug-likeness (QED) is 0.0384. The minimum Gasteiger partial charge on any atom is -0.480 e. The van der Waals surface area contributed by atoms with E-state index in [2.05, 4.69) is 45.7 Å². The molecule has 256 valence electrons. The molecule has 2 unspecified atom stereocenters. The molecule has 1 aromatic carbocycles. The lowest BCUT2D eigenvalue weighted by atomic mass is 10.0. The third-order valence-electron chi connectivity index (χ3n) is 8.11. The molecule has 0 heterocycles. The average Bonchev–Trinajstić information content (AvgIpc) is 3.02. The van der Waals surface area contributed by atoms with Crippen molar-refractivity contribution in [1.29, 1.82) is 0 Å². The first kappa shape index (κ1) is 43.1. The highest BCUT2D eigenvalue weighted by Crippen LogP contribution is 2.18. The Kier molecular flexibility index (Phi) is 32.8. The predicted molar refractivity (Wildman–Crippen MR) is 197 cm³/mol. The fourth-order valence-electron chi connectivity index (χ4n) is 5.24. The standard InChI is InChI=1S/C22H35BrO2.C16H31BrO2/c1-2-3-4-5-6-7-8-9-10-11-12-16-19-21(23)22(24)25-20-17-14-13-15-18-20;1-2-3-4-5-6-7-8-9-10-11-12-13-14-15(17)16(18)19/h13-15,17-18,21H,2-12,16,19H2,1H3;15H,2-14H2,1H3,(H,18,19). The Labute approximate surface area is 288 Å². The van der Waals surface area contributed by atoms with E-state index in [4.69, 9.17) is 9.84 Å². The van der Waals surface area contributed by atoms with Crippen molar-refractivity contribution in [1.82, 2.24) is 0 Å². The number of ether oxygens (including phenoxy) is 1. The van der Waals surface area contributed by atoms with Crippen LogP contribution in [0, 0.1) is 0 Å². The van der Waals surface area contributed by atoms with Crippen LogP contribution in [0.1, 0.15) is 181 Å². The van der Waals surface area contributed by atoms with E-state index in [-0.39, 0.29) is 15.6 Å². The van der Waals surface area contributed by atoms with Crippen molar-refractivity contribution in [2.24, 2.45) is 0 Å². The molecule has 0 radical (unpaired) electrons. The number of hydrogen-bond acceptors (Lipinski definition) is 3. The number of esters is 1. The highest BCUT2D eigenvalue weighted by molar-refractivity contribution is 9.10. The summed E-state index contributed by atoms with van der Waals surface area (Å²) < 4.78 is 5.35. The van der Waals surface area contributed by atoms with Crippen LogP contribution in [-0.4, -0.2) is 26.7 Å². The molecular weight excluding hydrogens is 680 g/mol. The molecule has 0 aliphatic rings. The van der Waals surface area contributed by atoms with Crippen LogP contribution in [0.2, 0.25) is 0 Å². The summed E-state index contributed by atoms with van der Waals surface area (Å²) in [6.45, 7) is 4.53. The van der Waals surface area contributed by atoms with Crippen LogP contribution in [-0.2, 0) is 9.59 Å². The van der Waals surface area contributed by atoms with Crippen LogP contribution in [0.25, 0.3) is 0 Å². The van der Waals surface area contributed by atoms with Crippen LogP contribution in [0.3, 0.4) is 0 Å². The number of unbranched alkanes of at least 4 members (excludes halogenated alkanes) is 22. The molecule has 0 aliphatic heterocycles. The van der Waals surface area contributed by atoms with Crippen molar-refractivity contribution in [3.8, 4) is 5.75 Å². The van der Waals surface area contributed by atoms with Crippen molar-refractivity contribution in [2.45, 2.75) is 190 Å². The first-order valence-electron chi connectivity index (χ1n) is 18.2. The molecule has 0 aliphatic carbocycles. The number of halogens is 2. The maximum absolute atomic E-state index is 12.0. The van der Waals surface area contributed by atoms with Gasteiger partial charge in [-0.25, -0.2) is 0 Å². The second-order valence-corrected chi connectivity index (χ2v) is 14.6. The zero-order chi connectivity index (χ0) is 32.5. The monoisotopic (exact) mass is 744 g/mol. The minimum absolute atomic E-state index is 0.186. The maximum atomic E-state index is 12.0. The van der Waals surface area contributed by atoms with Gasteiger partial charge in [0, 0.05) is 0 Å². The molecule has 1 rings (SSSR count). The summed E-state index contributed by atoms with van der Waals surface area (Å²) >= 11 is 6.63. The molecular formula is C38H66Br2O4. The van der Waals surface area contributed by atoms with Gasteiger partial charge >= 0.3 is 11.9 Å². The lowest BCUT2D eigenvalue weighted by molar-refractivity contribution is -0.136. The van der Waals surface area contributed by atoms with Crippen LogP contribution in [0.5, 0.6) is 5.75 Å². The molecule has 6 heteroatoms. The predicted octanol–water partition coefficient (Wildman–Crippen LogP) is 13.4. The van der Waals surface area contributed by atoms with Gasteiger partial charge in [-0.2, -0.15) is 0 Å². The second-order valence-electron chi connectivity index (χ2n) is 12.4. The summed E-state index contributed by atoms with van der Waals surface area (Å²) in [5.74, 6) is -0.302. The van der Waals surface area contributed by atoms with Gasteiger partial charge in [0.25, 0.3) is 0 Å². The van der Waals surface area contributed by atoms with Gasteiger partial charge in [-0.05, 0) is 25.0 Å². The smallest absolute Gasteiger partial charge is 0.325 e. The molecule has 2 atom stereocenters. The number of benzene rings is 1. The SMILES string of the molecule is CCCCCCCCCCCCCCC(Br)C(=O)O.CCCCCCCCCCCCCCC(Br)C(=O)Oc1ccccc1. The molecule has 0 spiro atoms. The second kappa shape index (κ2) is 33.5. The highest BCUT2D eigenvalue weighted by Gasteiger charge is 2.16. The van der Waals surface area contributed by atoms with E-state index in [0.717, 1.165) is 25.7 Å². The third kappa shape index (κ3) is 29.8. The van der Waals surface area contributed by atoms with E-state index in [0.29, 0.717) is 5.75 Å². The van der Waals surface area contributed by atoms with E-state index in [1.54, 1.807) is 12.1 Å². The van der Waals surface area contributed by atoms with E-state index in [9.17, 15) is 9.59 Å². The fraction of sp³-hybridized carbons (Fsp3) is 0.789. The molecule has 0 saturated carbocycles. The van der Waals surface area contributed by atoms with E-state index < -0.39 is 5.97 Å². The largest absolute Gasteiger partial charge is 0.480 e. The number of carboxylic acids is 1. The van der Waals surface area contributed by atoms with E-state index in [1.807, 2.05) is 18.2 Å². The molecule has 0 aromatic heterocycles. The molecule has 0 saturated heterocycles. The number of rotatable bonds is 29. The summed E-state index contributed by atoms with van der Waals surface area (Å²) in [4.78, 5) is 22.0. The Morgan fingerprint density at radius 2 is 0.864 bits per heavy atom. The molecule has 44 heavy (non-hydrogen) atoms. The Balaban J connectivity index is 0.000000875. The van der Waals surface area contributed by atoms with E-state index >= 15 is 0 Å². The number of carbonyl (C=O) groups excluding carboxylic acids is 1. The number of para-hydroxylation sites is 1. The Morgan fingerprint density at radius 3 is 1.20 bits per heavy atom. The Morgan fingerprint density at radius 1 is 0.545 bits per heavy atom. The lowest BCUT2D eigenvalue weighted by Crippen LogP contribution is -2.20. The van der Waals surface area contributed by atoms with Gasteiger partial charge in [0.2, 0.25) is 0 Å². The summed E-state index contributed by atoms with van der Waals surface area (Å²) in [5.41, 5.74) is 0. The molecule has 0 bridgehead atoms. The number of alkyl halides is 2. The molecule has 0 amide bonds. The minimum atomic E-state index is -0.733. The third-order valence-corrected chi connectivity index (χ3v) is 9.79. The summed E-state index contributed by atoms with van der Waals surface area (Å²) in [6.07, 6.45) is 33.5. The summed E-state index contributed by atoms with van der Waals surface area (Å²) in [7, 11) is 0. The van der Waals surface area contributed by atoms with Crippen molar-refractivity contribution in [2.75, 3.05) is 0 Å². The lowest BCUT2D eigenvalue weighted by Gasteiger charge is -2.09. The first-order valence-corrected chi connectivity index (χ1v) is 20.0. The van der Waals surface area contributed by atoms with Gasteiger partial charge < -0.3 is 9.84 Å². The molecule has 1 aromatic rings. The molecule has 1 N–H and O–H groups in total. The van der Waals surface area contributed by atoms with Gasteiger partial charge in [0.1, 0.15) is 15.4 Å². The topological polar surface area (TPSA) is 63.6 Å². The van der Waals surface area contributed by atoms with Crippen molar-refractivity contribution in [3.63, 3.8) is 0 Å². The zero-order valence-corrected chi connectivity index (χ0v) is 31.5. The van der Waals surface area contributed by atoms with Crippen molar-refractivity contribution in [3.05, 3.63) is 30.3 Å². The summed E-state index contributed by atoms with van der Waals surface area (Å²) in [6, 6.07) is 9.27. The Bertz CT molecular complexity index is 758. The van der Waals surface area contributed by atoms with Gasteiger partial charge in [-0.1, -0.05) is 218 Å². The molecule has 4 nitrogen and oxygen atoms in total. The Hall–Kier alpha value is -0.880. The van der Waals surface area contributed by atoms with Crippen molar-refractivity contribution < 1.29 is 19.4 Å². The van der Waals surface area contributed by atoms with Crippen LogP contribution >= 0.6 is 31.9 Å². The maximum Gasteiger partial charge on any atom is 0.325 e. The zero-order valence-electron chi connectivity index (χ0n) is 28.4. The first-order chi connectivity index (χ1) is 21.4. The van der Waals surface area contributed by atoms with Gasteiger partial charge in [0.05, 0.1) is 0 Å². The fourth-order valence-corrected chi connectivity index (χ4v) is 5.98. The van der Waals surface area contributed by atoms with Gasteiger partial charge in [0.15, 0.2) is 0 Å². The van der Waals surface area contributed by atoms with Crippen LogP contribution in [0.15, 0.2) is 30.3 Å². The van der Waals surface area contributed by atoms with E-state index in [1.165, 1.54) is 141 Å². The highest BCUT2D eigenvalue weighted by atomic mass is 79.9. The number of carbonyl (C=O) groups is 2. The van der Waals surface area contributed by atoms with Crippen molar-refractivity contribution >= 4 is 43.8 Å². The van der Waals surface area contributed by atoms with Crippen LogP contribution < -0.4 is 4.74 Å². The van der Waals surface area contributed by atoms with Gasteiger partial charge in [-0.3, -0.25) is 9.59 Å². The number of hydrogen-bond donors (Lipinski definition) is 1. The molecule has 0 fully saturated rings. The summed E-state index contributed by atoms with van der Waals surface area (Å²) in [5, 5.41) is 8.71.